The van der Waals surface area contributed by atoms with Crippen LogP contribution in [0.2, 0.25) is 10.0 Å². The highest BCUT2D eigenvalue weighted by Gasteiger charge is 2.30. The van der Waals surface area contributed by atoms with E-state index in [2.05, 4.69) is 0 Å². The fraction of sp³-hybridized carbons (Fsp3) is 0.300. The van der Waals surface area contributed by atoms with Crippen LogP contribution in [0.3, 0.4) is 0 Å². The third-order valence-electron chi connectivity index (χ3n) is 4.60. The second-order valence-electron chi connectivity index (χ2n) is 6.43. The van der Waals surface area contributed by atoms with Crippen molar-refractivity contribution < 1.29 is 19.4 Å². The monoisotopic (exact) mass is 392 g/mol. The number of hydrogen-bond acceptors (Lipinski definition) is 3. The van der Waals surface area contributed by atoms with Gasteiger partial charge in [0, 0.05) is 12.0 Å². The Bertz CT molecular complexity index is 817. The van der Waals surface area contributed by atoms with Crippen LogP contribution >= 0.6 is 23.2 Å². The number of carbonyl (C=O) groups excluding carboxylic acids is 1. The summed E-state index contributed by atoms with van der Waals surface area (Å²) >= 11 is 12.1. The summed E-state index contributed by atoms with van der Waals surface area (Å²) in [7, 11) is 0. The predicted molar refractivity (Wildman–Crippen MR) is 100 cm³/mol. The minimum Gasteiger partial charge on any atom is -0.490 e. The van der Waals surface area contributed by atoms with Gasteiger partial charge in [-0.25, -0.2) is 0 Å². The molecular weight excluding hydrogens is 375 g/mol. The van der Waals surface area contributed by atoms with Gasteiger partial charge in [0.25, 0.3) is 0 Å². The SMILES string of the molecule is O=C(Cc1cccc(Cl)c1Cl)c1ccc(O[C@H]2CC[C@H](C(=O)O)C2)cc1. The topological polar surface area (TPSA) is 63.6 Å². The van der Waals surface area contributed by atoms with Gasteiger partial charge in [0.1, 0.15) is 5.75 Å². The number of ketones is 1. The lowest BCUT2D eigenvalue weighted by Crippen LogP contribution is -2.15. The van der Waals surface area contributed by atoms with Gasteiger partial charge in [-0.15, -0.1) is 0 Å². The molecule has 1 aliphatic rings. The van der Waals surface area contributed by atoms with Crippen LogP contribution < -0.4 is 4.74 Å². The Kier molecular flexibility index (Phi) is 5.84. The van der Waals surface area contributed by atoms with Crippen molar-refractivity contribution in [2.45, 2.75) is 31.8 Å². The van der Waals surface area contributed by atoms with E-state index in [0.717, 1.165) is 6.42 Å². The molecule has 0 saturated heterocycles. The highest BCUT2D eigenvalue weighted by atomic mass is 35.5. The summed E-state index contributed by atoms with van der Waals surface area (Å²) in [5.74, 6) is -0.522. The number of benzene rings is 2. The van der Waals surface area contributed by atoms with Gasteiger partial charge in [0.15, 0.2) is 5.78 Å². The molecule has 0 unspecified atom stereocenters. The van der Waals surface area contributed by atoms with Crippen LogP contribution in [0.15, 0.2) is 42.5 Å². The van der Waals surface area contributed by atoms with Gasteiger partial charge < -0.3 is 9.84 Å². The van der Waals surface area contributed by atoms with Crippen LogP contribution in [-0.2, 0) is 11.2 Å². The molecule has 3 rings (SSSR count). The average molecular weight is 393 g/mol. The molecule has 136 valence electrons. The molecule has 1 N–H and O–H groups in total. The normalized spacial score (nSPS) is 19.3. The number of halogens is 2. The summed E-state index contributed by atoms with van der Waals surface area (Å²) in [6.45, 7) is 0. The van der Waals surface area contributed by atoms with Crippen molar-refractivity contribution >= 4 is 35.0 Å². The number of aliphatic carboxylic acids is 1. The van der Waals surface area contributed by atoms with Crippen molar-refractivity contribution in [1.29, 1.82) is 0 Å². The molecule has 0 aliphatic heterocycles. The van der Waals surface area contributed by atoms with E-state index in [1.54, 1.807) is 42.5 Å². The van der Waals surface area contributed by atoms with E-state index in [4.69, 9.17) is 33.0 Å². The van der Waals surface area contributed by atoms with E-state index < -0.39 is 5.97 Å². The second kappa shape index (κ2) is 8.11. The highest BCUT2D eigenvalue weighted by Crippen LogP contribution is 2.30. The van der Waals surface area contributed by atoms with Crippen molar-refractivity contribution in [2.24, 2.45) is 5.92 Å². The summed E-state index contributed by atoms with van der Waals surface area (Å²) in [6.07, 6.45) is 1.95. The summed E-state index contributed by atoms with van der Waals surface area (Å²) in [5, 5.41) is 9.87. The largest absolute Gasteiger partial charge is 0.490 e. The van der Waals surface area contributed by atoms with Crippen molar-refractivity contribution in [3.05, 3.63) is 63.6 Å². The number of hydrogen-bond donors (Lipinski definition) is 1. The van der Waals surface area contributed by atoms with Gasteiger partial charge in [-0.05, 0) is 55.2 Å². The number of carboxylic acids is 1. The van der Waals surface area contributed by atoms with Crippen molar-refractivity contribution in [1.82, 2.24) is 0 Å². The minimum atomic E-state index is -0.767. The van der Waals surface area contributed by atoms with Gasteiger partial charge in [-0.2, -0.15) is 0 Å². The van der Waals surface area contributed by atoms with Crippen LogP contribution in [0.4, 0.5) is 0 Å². The van der Waals surface area contributed by atoms with E-state index in [1.165, 1.54) is 0 Å². The third-order valence-corrected chi connectivity index (χ3v) is 5.45. The molecule has 0 bridgehead atoms. The summed E-state index contributed by atoms with van der Waals surface area (Å²) in [4.78, 5) is 23.4. The maximum absolute atomic E-state index is 12.4. The molecule has 4 nitrogen and oxygen atoms in total. The zero-order valence-electron chi connectivity index (χ0n) is 14.0. The Morgan fingerprint density at radius 2 is 1.81 bits per heavy atom. The molecule has 0 spiro atoms. The van der Waals surface area contributed by atoms with E-state index in [-0.39, 0.29) is 24.2 Å². The molecule has 1 aliphatic carbocycles. The van der Waals surface area contributed by atoms with Gasteiger partial charge in [0.2, 0.25) is 0 Å². The number of rotatable bonds is 6. The van der Waals surface area contributed by atoms with E-state index in [9.17, 15) is 9.59 Å². The number of ether oxygens (including phenoxy) is 1. The molecule has 26 heavy (non-hydrogen) atoms. The first-order valence-electron chi connectivity index (χ1n) is 8.39. The molecule has 0 radical (unpaired) electrons. The summed E-state index contributed by atoms with van der Waals surface area (Å²) in [5.41, 5.74) is 1.25. The maximum Gasteiger partial charge on any atom is 0.306 e. The first kappa shape index (κ1) is 18.7. The number of carboxylic acid groups (broad SMARTS) is 1. The first-order chi connectivity index (χ1) is 12.4. The standard InChI is InChI=1S/C20H18Cl2O4/c21-17-3-1-2-13(19(17)22)11-18(23)12-4-7-15(8-5-12)26-16-9-6-14(10-16)20(24)25/h1-5,7-8,14,16H,6,9-11H2,(H,24,25)/t14-,16-/m0/s1. The molecule has 2 atom stereocenters. The smallest absolute Gasteiger partial charge is 0.306 e. The predicted octanol–water partition coefficient (Wildman–Crippen LogP) is 5.05. The maximum atomic E-state index is 12.4. The zero-order valence-corrected chi connectivity index (χ0v) is 15.5. The van der Waals surface area contributed by atoms with Crippen LogP contribution in [0.1, 0.15) is 35.2 Å². The van der Waals surface area contributed by atoms with Crippen molar-refractivity contribution in [2.75, 3.05) is 0 Å². The Morgan fingerprint density at radius 1 is 1.08 bits per heavy atom. The van der Waals surface area contributed by atoms with Crippen LogP contribution in [-0.4, -0.2) is 23.0 Å². The molecule has 6 heteroatoms. The van der Waals surface area contributed by atoms with Crippen molar-refractivity contribution in [3.63, 3.8) is 0 Å². The molecule has 1 fully saturated rings. The lowest BCUT2D eigenvalue weighted by Gasteiger charge is -2.13. The molecular formula is C20H18Cl2O4. The lowest BCUT2D eigenvalue weighted by molar-refractivity contribution is -0.141. The van der Waals surface area contributed by atoms with Gasteiger partial charge in [0.05, 0.1) is 22.1 Å². The lowest BCUT2D eigenvalue weighted by atomic mass is 10.0. The molecule has 0 aromatic heterocycles. The molecule has 0 amide bonds. The zero-order chi connectivity index (χ0) is 18.7. The van der Waals surface area contributed by atoms with Crippen LogP contribution in [0, 0.1) is 5.92 Å². The molecule has 2 aromatic carbocycles. The van der Waals surface area contributed by atoms with E-state index in [1.807, 2.05) is 0 Å². The average Bonchev–Trinajstić information content (AvgIpc) is 3.08. The van der Waals surface area contributed by atoms with Gasteiger partial charge >= 0.3 is 5.97 Å². The third kappa shape index (κ3) is 4.37. The van der Waals surface area contributed by atoms with Crippen LogP contribution in [0.25, 0.3) is 0 Å². The highest BCUT2D eigenvalue weighted by molar-refractivity contribution is 6.42. The second-order valence-corrected chi connectivity index (χ2v) is 7.21. The Morgan fingerprint density at radius 3 is 2.46 bits per heavy atom. The quantitative estimate of drug-likeness (QED) is 0.698. The van der Waals surface area contributed by atoms with E-state index in [0.29, 0.717) is 39.8 Å². The fourth-order valence-electron chi connectivity index (χ4n) is 3.14. The van der Waals surface area contributed by atoms with Crippen molar-refractivity contribution in [3.8, 4) is 5.75 Å². The number of carbonyl (C=O) groups is 2. The molecule has 1 saturated carbocycles. The fourth-order valence-corrected chi connectivity index (χ4v) is 3.53. The van der Waals surface area contributed by atoms with E-state index >= 15 is 0 Å². The summed E-state index contributed by atoms with van der Waals surface area (Å²) < 4.78 is 5.83. The number of Topliss-reactive ketones (excluding diaryl/α,β-unsaturated/α-hetero) is 1. The first-order valence-corrected chi connectivity index (χ1v) is 9.15. The van der Waals surface area contributed by atoms with Gasteiger partial charge in [-0.1, -0.05) is 35.3 Å². The Balaban J connectivity index is 1.61. The van der Waals surface area contributed by atoms with Gasteiger partial charge in [-0.3, -0.25) is 9.59 Å². The Labute approximate surface area is 161 Å². The molecule has 0 heterocycles. The summed E-state index contributed by atoms with van der Waals surface area (Å²) in [6, 6.07) is 12.1. The van der Waals surface area contributed by atoms with Crippen LogP contribution in [0.5, 0.6) is 5.75 Å². The Hall–Kier alpha value is -2.04. The molecule has 2 aromatic rings. The minimum absolute atomic E-state index is 0.0625.